The van der Waals surface area contributed by atoms with Crippen molar-refractivity contribution in [2.75, 3.05) is 0 Å². The van der Waals surface area contributed by atoms with E-state index in [9.17, 15) is 4.79 Å². The highest BCUT2D eigenvalue weighted by Crippen LogP contribution is 2.18. The van der Waals surface area contributed by atoms with E-state index in [0.29, 0.717) is 5.56 Å². The first-order valence-electron chi connectivity index (χ1n) is 4.41. The molecule has 82 valence electrons. The van der Waals surface area contributed by atoms with Gasteiger partial charge in [0.2, 0.25) is 0 Å². The molecule has 0 bridgehead atoms. The summed E-state index contributed by atoms with van der Waals surface area (Å²) in [7, 11) is 0. The van der Waals surface area contributed by atoms with Gasteiger partial charge in [-0.1, -0.05) is 15.9 Å². The van der Waals surface area contributed by atoms with Gasteiger partial charge in [-0.05, 0) is 54.6 Å². The fourth-order valence-corrected chi connectivity index (χ4v) is 1.84. The predicted molar refractivity (Wildman–Crippen MR) is 70.5 cm³/mol. The molecule has 15 heavy (non-hydrogen) atoms. The zero-order valence-electron chi connectivity index (χ0n) is 8.38. The largest absolute Gasteiger partial charge is 0.275 e. The monoisotopic (exact) mass is 383 g/mol. The molecule has 0 aliphatic carbocycles. The van der Waals surface area contributed by atoms with E-state index in [-0.39, 0.29) is 12.0 Å². The molecule has 0 fully saturated rings. The number of hydrogen-bond donors (Lipinski definition) is 1. The number of benzene rings is 1. The summed E-state index contributed by atoms with van der Waals surface area (Å²) < 4.78 is 1.76. The van der Waals surface area contributed by atoms with Crippen LogP contribution in [0.5, 0.6) is 0 Å². The number of carbonyl (C=O) groups is 1. The number of nitrogens with one attached hydrogen (secondary N) is 1. The molecule has 0 heterocycles. The summed E-state index contributed by atoms with van der Waals surface area (Å²) in [6, 6.07) is 5.53. The average Bonchev–Trinajstić information content (AvgIpc) is 2.18. The summed E-state index contributed by atoms with van der Waals surface area (Å²) in [5.41, 5.74) is 3.00. The third kappa shape index (κ3) is 4.08. The Hall–Kier alpha value is -0.140. The van der Waals surface area contributed by atoms with E-state index in [1.54, 1.807) is 6.07 Å². The summed E-state index contributed by atoms with van der Waals surface area (Å²) in [5.74, 6) is -0.227. The normalized spacial score (nSPS) is 10.5. The highest BCUT2D eigenvalue weighted by Gasteiger charge is 2.10. The maximum absolute atomic E-state index is 11.7. The van der Waals surface area contributed by atoms with Gasteiger partial charge < -0.3 is 0 Å². The van der Waals surface area contributed by atoms with Crippen LogP contribution in [0.4, 0.5) is 0 Å². The Morgan fingerprint density at radius 1 is 1.53 bits per heavy atom. The Bertz CT molecular complexity index is 368. The Balaban J connectivity index is 2.77. The minimum Gasteiger partial charge on any atom is -0.271 e. The first-order chi connectivity index (χ1) is 7.00. The molecule has 1 amide bonds. The quantitative estimate of drug-likeness (QED) is 0.643. The topological polar surface area (TPSA) is 38.3 Å². The Kier molecular flexibility index (Phi) is 5.01. The van der Waals surface area contributed by atoms with Crippen LogP contribution in [0, 0.1) is 3.57 Å². The van der Waals surface area contributed by atoms with Crippen LogP contribution in [-0.2, 0) is 4.84 Å². The molecule has 1 N–H and O–H groups in total. The van der Waals surface area contributed by atoms with Gasteiger partial charge in [-0.2, -0.15) is 0 Å². The van der Waals surface area contributed by atoms with Crippen LogP contribution < -0.4 is 5.48 Å². The molecule has 0 aromatic heterocycles. The van der Waals surface area contributed by atoms with E-state index >= 15 is 0 Å². The molecule has 0 saturated heterocycles. The van der Waals surface area contributed by atoms with Gasteiger partial charge in [0.1, 0.15) is 0 Å². The van der Waals surface area contributed by atoms with Crippen LogP contribution in [-0.4, -0.2) is 12.0 Å². The van der Waals surface area contributed by atoms with Crippen LogP contribution in [0.2, 0.25) is 0 Å². The van der Waals surface area contributed by atoms with Crippen molar-refractivity contribution in [1.82, 2.24) is 5.48 Å². The van der Waals surface area contributed by atoms with E-state index in [1.165, 1.54) is 0 Å². The third-order valence-electron chi connectivity index (χ3n) is 1.56. The second-order valence-corrected chi connectivity index (χ2v) is 5.30. The van der Waals surface area contributed by atoms with Gasteiger partial charge >= 0.3 is 0 Å². The van der Waals surface area contributed by atoms with Crippen LogP contribution >= 0.6 is 38.5 Å². The number of carbonyl (C=O) groups excluding carboxylic acids is 1. The summed E-state index contributed by atoms with van der Waals surface area (Å²) in [4.78, 5) is 16.7. The SMILES string of the molecule is CC(C)ONC(=O)c1cc(Br)ccc1I. The summed E-state index contributed by atoms with van der Waals surface area (Å²) in [5, 5.41) is 0. The van der Waals surface area contributed by atoms with Gasteiger partial charge in [0.05, 0.1) is 11.7 Å². The molecule has 5 heteroatoms. The number of halogens is 2. The molecule has 1 aromatic rings. The lowest BCUT2D eigenvalue weighted by Gasteiger charge is -2.09. The predicted octanol–water partition coefficient (Wildman–Crippen LogP) is 3.12. The molecule has 0 radical (unpaired) electrons. The smallest absolute Gasteiger partial charge is 0.271 e. The standard InChI is InChI=1S/C10H11BrINO2/c1-6(2)15-13-10(14)8-5-7(11)3-4-9(8)12/h3-6H,1-2H3,(H,13,14). The molecular weight excluding hydrogens is 373 g/mol. The van der Waals surface area contributed by atoms with Crippen molar-refractivity contribution >= 4 is 44.4 Å². The van der Waals surface area contributed by atoms with Crippen LogP contribution in [0.1, 0.15) is 24.2 Å². The zero-order valence-corrected chi connectivity index (χ0v) is 12.1. The van der Waals surface area contributed by atoms with Gasteiger partial charge in [0.25, 0.3) is 5.91 Å². The highest BCUT2D eigenvalue weighted by atomic mass is 127. The molecule has 0 aliphatic heterocycles. The summed E-state index contributed by atoms with van der Waals surface area (Å²) in [6.07, 6.45) is -0.0289. The van der Waals surface area contributed by atoms with Crippen molar-refractivity contribution in [3.63, 3.8) is 0 Å². The van der Waals surface area contributed by atoms with Gasteiger partial charge in [0.15, 0.2) is 0 Å². The Labute approximate surface area is 111 Å². The second-order valence-electron chi connectivity index (χ2n) is 3.22. The Morgan fingerprint density at radius 3 is 2.80 bits per heavy atom. The van der Waals surface area contributed by atoms with Gasteiger partial charge in [-0.15, -0.1) is 0 Å². The first-order valence-corrected chi connectivity index (χ1v) is 6.29. The number of hydrogen-bond acceptors (Lipinski definition) is 2. The lowest BCUT2D eigenvalue weighted by atomic mass is 10.2. The summed E-state index contributed by atoms with van der Waals surface area (Å²) in [6.45, 7) is 3.71. The minimum absolute atomic E-state index is 0.0289. The van der Waals surface area contributed by atoms with Crippen LogP contribution in [0.15, 0.2) is 22.7 Å². The molecule has 0 aliphatic rings. The molecule has 3 nitrogen and oxygen atoms in total. The molecule has 1 rings (SSSR count). The first kappa shape index (κ1) is 12.9. The van der Waals surface area contributed by atoms with E-state index in [4.69, 9.17) is 4.84 Å². The highest BCUT2D eigenvalue weighted by molar-refractivity contribution is 14.1. The van der Waals surface area contributed by atoms with Gasteiger partial charge in [-0.25, -0.2) is 5.48 Å². The van der Waals surface area contributed by atoms with Crippen molar-refractivity contribution in [2.24, 2.45) is 0 Å². The maximum atomic E-state index is 11.7. The van der Waals surface area contributed by atoms with Crippen molar-refractivity contribution in [3.05, 3.63) is 31.8 Å². The molecule has 0 atom stereocenters. The van der Waals surface area contributed by atoms with Crippen molar-refractivity contribution in [2.45, 2.75) is 20.0 Å². The third-order valence-corrected chi connectivity index (χ3v) is 2.99. The summed E-state index contributed by atoms with van der Waals surface area (Å²) >= 11 is 5.43. The van der Waals surface area contributed by atoms with E-state index in [0.717, 1.165) is 8.04 Å². The van der Waals surface area contributed by atoms with Crippen LogP contribution in [0.25, 0.3) is 0 Å². The lowest BCUT2D eigenvalue weighted by Crippen LogP contribution is -2.27. The van der Waals surface area contributed by atoms with Gasteiger partial charge in [-0.3, -0.25) is 9.63 Å². The molecule has 0 unspecified atom stereocenters. The lowest BCUT2D eigenvalue weighted by molar-refractivity contribution is 0.000125. The molecular formula is C10H11BrINO2. The fourth-order valence-electron chi connectivity index (χ4n) is 0.898. The zero-order chi connectivity index (χ0) is 11.4. The van der Waals surface area contributed by atoms with Crippen molar-refractivity contribution < 1.29 is 9.63 Å². The molecule has 0 saturated carbocycles. The van der Waals surface area contributed by atoms with E-state index in [1.807, 2.05) is 26.0 Å². The maximum Gasteiger partial charge on any atom is 0.275 e. The molecule has 1 aromatic carbocycles. The number of amides is 1. The number of hydroxylamine groups is 1. The Morgan fingerprint density at radius 2 is 2.20 bits per heavy atom. The minimum atomic E-state index is -0.227. The van der Waals surface area contributed by atoms with E-state index < -0.39 is 0 Å². The van der Waals surface area contributed by atoms with Crippen LogP contribution in [0.3, 0.4) is 0 Å². The molecule has 0 spiro atoms. The fraction of sp³-hybridized carbons (Fsp3) is 0.300. The van der Waals surface area contributed by atoms with Crippen molar-refractivity contribution in [1.29, 1.82) is 0 Å². The van der Waals surface area contributed by atoms with E-state index in [2.05, 4.69) is 44.0 Å². The average molecular weight is 384 g/mol. The van der Waals surface area contributed by atoms with Crippen molar-refractivity contribution in [3.8, 4) is 0 Å². The van der Waals surface area contributed by atoms with Gasteiger partial charge in [0, 0.05) is 8.04 Å². The number of rotatable bonds is 3. The second kappa shape index (κ2) is 5.81.